The molecule has 0 radical (unpaired) electrons. The van der Waals surface area contributed by atoms with E-state index in [-0.39, 0.29) is 41.3 Å². The first-order valence-corrected chi connectivity index (χ1v) is 9.48. The summed E-state index contributed by atoms with van der Waals surface area (Å²) in [4.78, 5) is 24.7. The minimum absolute atomic E-state index is 0.0199. The van der Waals surface area contributed by atoms with Gasteiger partial charge in [0, 0.05) is 41.9 Å². The van der Waals surface area contributed by atoms with Crippen LogP contribution >= 0.6 is 0 Å². The fraction of sp³-hybridized carbons (Fsp3) is 0.174. The molecule has 0 bridgehead atoms. The second-order valence-corrected chi connectivity index (χ2v) is 7.53. The lowest BCUT2D eigenvalue weighted by Crippen LogP contribution is -2.35. The zero-order chi connectivity index (χ0) is 22.2. The van der Waals surface area contributed by atoms with Gasteiger partial charge in [-0.05, 0) is 42.8 Å². The third kappa shape index (κ3) is 3.78. The van der Waals surface area contributed by atoms with E-state index in [1.165, 1.54) is 36.7 Å². The van der Waals surface area contributed by atoms with Crippen molar-refractivity contribution >= 4 is 11.6 Å². The van der Waals surface area contributed by atoms with Gasteiger partial charge < -0.3 is 5.73 Å². The van der Waals surface area contributed by atoms with Crippen molar-refractivity contribution < 1.29 is 13.6 Å². The predicted octanol–water partition coefficient (Wildman–Crippen LogP) is 3.23. The highest BCUT2D eigenvalue weighted by molar-refractivity contribution is 6.00. The second-order valence-electron chi connectivity index (χ2n) is 7.53. The van der Waals surface area contributed by atoms with E-state index >= 15 is 0 Å². The van der Waals surface area contributed by atoms with Crippen LogP contribution < -0.4 is 5.73 Å². The Hall–Kier alpha value is -3.99. The van der Waals surface area contributed by atoms with Crippen LogP contribution in [0.25, 0.3) is 0 Å². The number of nitriles is 1. The fourth-order valence-corrected chi connectivity index (χ4v) is 3.74. The highest BCUT2D eigenvalue weighted by atomic mass is 19.1. The van der Waals surface area contributed by atoms with E-state index in [1.54, 1.807) is 19.1 Å². The number of nitrogens with zero attached hydrogens (tertiary/aromatic N) is 4. The molecule has 1 aliphatic heterocycles. The first-order chi connectivity index (χ1) is 14.8. The molecule has 154 valence electrons. The van der Waals surface area contributed by atoms with Crippen LogP contribution in [0, 0.1) is 23.1 Å². The Morgan fingerprint density at radius 2 is 2.03 bits per heavy atom. The van der Waals surface area contributed by atoms with E-state index in [0.717, 1.165) is 0 Å². The minimum atomic E-state index is -1.16. The van der Waals surface area contributed by atoms with Crippen LogP contribution in [0.15, 0.2) is 53.8 Å². The molecule has 1 unspecified atom stereocenters. The molecule has 2 aromatic heterocycles. The van der Waals surface area contributed by atoms with E-state index in [9.17, 15) is 13.6 Å². The number of hydrogen-bond donors (Lipinski definition) is 1. The average molecular weight is 417 g/mol. The summed E-state index contributed by atoms with van der Waals surface area (Å²) in [5.74, 6) is -1.37. The number of nitrogens with two attached hydrogens (primary N) is 1. The van der Waals surface area contributed by atoms with Crippen molar-refractivity contribution in [2.45, 2.75) is 25.3 Å². The van der Waals surface area contributed by atoms with Crippen molar-refractivity contribution in [2.24, 2.45) is 10.7 Å². The van der Waals surface area contributed by atoms with Crippen molar-refractivity contribution in [1.82, 2.24) is 9.97 Å². The molecule has 3 heterocycles. The quantitative estimate of drug-likeness (QED) is 0.518. The molecule has 6 nitrogen and oxygen atoms in total. The first kappa shape index (κ1) is 20.3. The van der Waals surface area contributed by atoms with Gasteiger partial charge in [0.25, 0.3) is 0 Å². The monoisotopic (exact) mass is 417 g/mol. The van der Waals surface area contributed by atoms with Crippen molar-refractivity contribution in [3.8, 4) is 6.07 Å². The summed E-state index contributed by atoms with van der Waals surface area (Å²) in [5.41, 5.74) is 6.94. The summed E-state index contributed by atoms with van der Waals surface area (Å²) in [6.07, 6.45) is 2.69. The summed E-state index contributed by atoms with van der Waals surface area (Å²) in [6, 6.07) is 10.8. The van der Waals surface area contributed by atoms with Crippen LogP contribution in [0.5, 0.6) is 0 Å². The summed E-state index contributed by atoms with van der Waals surface area (Å²) in [7, 11) is 0. The molecule has 0 saturated carbocycles. The number of pyridine rings is 2. The summed E-state index contributed by atoms with van der Waals surface area (Å²) in [5, 5.41) is 8.85. The number of Topliss-reactive ketones (excluding diaryl/α,β-unsaturated/α-hetero) is 1. The number of hydrogen-bond acceptors (Lipinski definition) is 6. The number of fused-ring (bicyclic) bond motifs is 1. The lowest BCUT2D eigenvalue weighted by Gasteiger charge is -2.32. The number of amidine groups is 1. The molecule has 1 atom stereocenters. The van der Waals surface area contributed by atoms with Crippen LogP contribution in [0.3, 0.4) is 0 Å². The molecule has 0 aliphatic carbocycles. The normalized spacial score (nSPS) is 17.4. The Morgan fingerprint density at radius 3 is 2.74 bits per heavy atom. The van der Waals surface area contributed by atoms with E-state index in [2.05, 4.69) is 15.0 Å². The van der Waals surface area contributed by atoms with Crippen molar-refractivity contribution in [3.05, 3.63) is 94.1 Å². The maximum absolute atomic E-state index is 14.8. The van der Waals surface area contributed by atoms with Crippen molar-refractivity contribution in [2.75, 3.05) is 0 Å². The molecular weight excluding hydrogens is 400 g/mol. The number of aromatic nitrogens is 2. The molecule has 4 rings (SSSR count). The van der Waals surface area contributed by atoms with Gasteiger partial charge >= 0.3 is 0 Å². The maximum Gasteiger partial charge on any atom is 0.216 e. The van der Waals surface area contributed by atoms with Crippen LogP contribution in [0.4, 0.5) is 8.78 Å². The Kier molecular flexibility index (Phi) is 5.03. The van der Waals surface area contributed by atoms with E-state index in [0.29, 0.717) is 16.7 Å². The summed E-state index contributed by atoms with van der Waals surface area (Å²) < 4.78 is 29.1. The van der Waals surface area contributed by atoms with Gasteiger partial charge in [-0.25, -0.2) is 9.37 Å². The minimum Gasteiger partial charge on any atom is -0.383 e. The standard InChI is InChI=1S/C23H17F2N5O/c1-23(10-16-15(22(27)30-23)6-7-28-21(16)25)17-8-13(2-4-18(17)24)9-20(31)19-5-3-14(11-26)12-29-19/h2-8,12H,9-10H2,1H3,(H2,27,30). The number of rotatable bonds is 4. The smallest absolute Gasteiger partial charge is 0.216 e. The van der Waals surface area contributed by atoms with Crippen LogP contribution in [0.1, 0.15) is 45.2 Å². The number of benzene rings is 1. The number of carbonyl (C=O) groups excluding carboxylic acids is 1. The Balaban J connectivity index is 1.67. The second kappa shape index (κ2) is 7.69. The van der Waals surface area contributed by atoms with Gasteiger partial charge in [-0.2, -0.15) is 9.65 Å². The number of aliphatic imine (C=N–C) groups is 1. The van der Waals surface area contributed by atoms with Crippen molar-refractivity contribution in [1.29, 1.82) is 5.26 Å². The van der Waals surface area contributed by atoms with Crippen LogP contribution in [0.2, 0.25) is 0 Å². The zero-order valence-electron chi connectivity index (χ0n) is 16.6. The third-order valence-electron chi connectivity index (χ3n) is 5.32. The van der Waals surface area contributed by atoms with Gasteiger partial charge in [0.05, 0.1) is 11.1 Å². The lowest BCUT2D eigenvalue weighted by atomic mass is 9.81. The van der Waals surface area contributed by atoms with E-state index in [1.807, 2.05) is 6.07 Å². The Bertz CT molecular complexity index is 1260. The largest absolute Gasteiger partial charge is 0.383 e. The molecule has 1 aliphatic rings. The summed E-state index contributed by atoms with van der Waals surface area (Å²) >= 11 is 0. The molecule has 31 heavy (non-hydrogen) atoms. The number of halogens is 2. The molecule has 1 aromatic carbocycles. The molecule has 0 saturated heterocycles. The molecule has 2 N–H and O–H groups in total. The summed E-state index contributed by atoms with van der Waals surface area (Å²) in [6.45, 7) is 1.67. The SMILES string of the molecule is CC1(c2cc(CC(=O)c3ccc(C#N)cn3)ccc2F)Cc2c(ccnc2F)C(N)=N1. The topological polar surface area (TPSA) is 105 Å². The highest BCUT2D eigenvalue weighted by Crippen LogP contribution is 2.37. The van der Waals surface area contributed by atoms with Gasteiger partial charge in [-0.1, -0.05) is 6.07 Å². The van der Waals surface area contributed by atoms with Crippen LogP contribution in [-0.2, 0) is 18.4 Å². The highest BCUT2D eigenvalue weighted by Gasteiger charge is 2.36. The predicted molar refractivity (Wildman–Crippen MR) is 109 cm³/mol. The molecule has 0 spiro atoms. The van der Waals surface area contributed by atoms with Gasteiger partial charge in [0.2, 0.25) is 5.95 Å². The fourth-order valence-electron chi connectivity index (χ4n) is 3.74. The van der Waals surface area contributed by atoms with Crippen molar-refractivity contribution in [3.63, 3.8) is 0 Å². The van der Waals surface area contributed by atoms with Gasteiger partial charge in [-0.3, -0.25) is 14.8 Å². The van der Waals surface area contributed by atoms with Gasteiger partial charge in [-0.15, -0.1) is 0 Å². The van der Waals surface area contributed by atoms with Crippen LogP contribution in [-0.4, -0.2) is 21.6 Å². The maximum atomic E-state index is 14.8. The number of carbonyl (C=O) groups is 1. The molecule has 8 heteroatoms. The Morgan fingerprint density at radius 1 is 1.23 bits per heavy atom. The average Bonchev–Trinajstić information content (AvgIpc) is 2.76. The zero-order valence-corrected chi connectivity index (χ0v) is 16.6. The molecular formula is C23H17F2N5O. The van der Waals surface area contributed by atoms with Gasteiger partial charge in [0.15, 0.2) is 5.78 Å². The van der Waals surface area contributed by atoms with E-state index < -0.39 is 17.3 Å². The molecule has 0 fully saturated rings. The van der Waals surface area contributed by atoms with Gasteiger partial charge in [0.1, 0.15) is 23.4 Å². The Labute approximate surface area is 177 Å². The molecule has 0 amide bonds. The first-order valence-electron chi connectivity index (χ1n) is 9.48. The number of ketones is 1. The molecule has 3 aromatic rings. The lowest BCUT2D eigenvalue weighted by molar-refractivity contribution is 0.0988. The van der Waals surface area contributed by atoms with E-state index in [4.69, 9.17) is 11.0 Å². The third-order valence-corrected chi connectivity index (χ3v) is 5.32.